The molecule has 0 aliphatic heterocycles. The van der Waals surface area contributed by atoms with Crippen LogP contribution in [0.1, 0.15) is 68.8 Å². The number of aromatic nitrogens is 2. The second-order valence-electron chi connectivity index (χ2n) is 10.1. The minimum absolute atomic E-state index is 0.0913. The van der Waals surface area contributed by atoms with E-state index in [4.69, 9.17) is 0 Å². The SMILES string of the molecule is CCCN(C)C(=O)c1cn2c(NC(=O)CC34CC5CC(CC(C5)C3)C4)cccc2n1. The first-order chi connectivity index (χ1) is 14.4. The Morgan fingerprint density at radius 1 is 1.17 bits per heavy atom. The molecule has 1 N–H and O–H groups in total. The highest BCUT2D eigenvalue weighted by Gasteiger charge is 2.51. The molecule has 6 heteroatoms. The molecule has 4 saturated carbocycles. The molecule has 2 heterocycles. The summed E-state index contributed by atoms with van der Waals surface area (Å²) < 4.78 is 1.82. The molecule has 0 spiro atoms. The highest BCUT2D eigenvalue weighted by molar-refractivity contribution is 5.94. The fourth-order valence-corrected chi connectivity index (χ4v) is 6.88. The monoisotopic (exact) mass is 408 g/mol. The van der Waals surface area contributed by atoms with E-state index in [0.29, 0.717) is 30.1 Å². The van der Waals surface area contributed by atoms with Crippen LogP contribution in [0, 0.1) is 23.2 Å². The Hall–Kier alpha value is -2.37. The van der Waals surface area contributed by atoms with Crippen molar-refractivity contribution in [2.24, 2.45) is 23.2 Å². The number of imidazole rings is 1. The maximum Gasteiger partial charge on any atom is 0.273 e. The molecule has 4 aliphatic rings. The number of hydrogen-bond acceptors (Lipinski definition) is 3. The van der Waals surface area contributed by atoms with Crippen molar-refractivity contribution in [3.63, 3.8) is 0 Å². The average Bonchev–Trinajstić information content (AvgIpc) is 3.11. The third-order valence-corrected chi connectivity index (χ3v) is 7.59. The van der Waals surface area contributed by atoms with E-state index in [2.05, 4.69) is 10.3 Å². The van der Waals surface area contributed by atoms with Gasteiger partial charge in [0.15, 0.2) is 0 Å². The van der Waals surface area contributed by atoms with Gasteiger partial charge in [-0.3, -0.25) is 14.0 Å². The van der Waals surface area contributed by atoms with Gasteiger partial charge >= 0.3 is 0 Å². The molecule has 4 bridgehead atoms. The van der Waals surface area contributed by atoms with Crippen molar-refractivity contribution < 1.29 is 9.59 Å². The van der Waals surface area contributed by atoms with Crippen molar-refractivity contribution in [1.82, 2.24) is 14.3 Å². The van der Waals surface area contributed by atoms with Crippen LogP contribution in [0.25, 0.3) is 5.65 Å². The van der Waals surface area contributed by atoms with Gasteiger partial charge < -0.3 is 10.2 Å². The van der Waals surface area contributed by atoms with Crippen LogP contribution < -0.4 is 5.32 Å². The largest absolute Gasteiger partial charge is 0.340 e. The molecule has 2 amide bonds. The third kappa shape index (κ3) is 3.50. The normalized spacial score (nSPS) is 29.3. The predicted molar refractivity (Wildman–Crippen MR) is 116 cm³/mol. The minimum atomic E-state index is -0.0913. The number of anilines is 1. The summed E-state index contributed by atoms with van der Waals surface area (Å²) in [7, 11) is 1.80. The molecule has 6 nitrogen and oxygen atoms in total. The first-order valence-electron chi connectivity index (χ1n) is 11.5. The van der Waals surface area contributed by atoms with E-state index in [-0.39, 0.29) is 17.2 Å². The summed E-state index contributed by atoms with van der Waals surface area (Å²) in [5.74, 6) is 3.21. The average molecular weight is 409 g/mol. The van der Waals surface area contributed by atoms with Crippen molar-refractivity contribution in [1.29, 1.82) is 0 Å². The van der Waals surface area contributed by atoms with E-state index in [1.807, 2.05) is 29.5 Å². The van der Waals surface area contributed by atoms with Crippen LogP contribution in [0.4, 0.5) is 5.82 Å². The quantitative estimate of drug-likeness (QED) is 0.772. The number of nitrogens with one attached hydrogen (secondary N) is 1. The summed E-state index contributed by atoms with van der Waals surface area (Å²) in [6.07, 6.45) is 11.1. The fourth-order valence-electron chi connectivity index (χ4n) is 6.88. The van der Waals surface area contributed by atoms with Crippen molar-refractivity contribution in [3.8, 4) is 0 Å². The van der Waals surface area contributed by atoms with Crippen LogP contribution >= 0.6 is 0 Å². The molecule has 30 heavy (non-hydrogen) atoms. The second-order valence-corrected chi connectivity index (χ2v) is 10.1. The molecule has 6 rings (SSSR count). The molecular formula is C24H32N4O2. The van der Waals surface area contributed by atoms with Gasteiger partial charge in [-0.25, -0.2) is 4.98 Å². The minimum Gasteiger partial charge on any atom is -0.340 e. The first kappa shape index (κ1) is 19.6. The lowest BCUT2D eigenvalue weighted by atomic mass is 9.49. The van der Waals surface area contributed by atoms with Gasteiger partial charge in [0.1, 0.15) is 17.2 Å². The second kappa shape index (κ2) is 7.40. The highest BCUT2D eigenvalue weighted by Crippen LogP contribution is 2.61. The van der Waals surface area contributed by atoms with E-state index in [9.17, 15) is 9.59 Å². The topological polar surface area (TPSA) is 66.7 Å². The first-order valence-corrected chi connectivity index (χ1v) is 11.5. The molecule has 0 aromatic carbocycles. The van der Waals surface area contributed by atoms with Crippen molar-refractivity contribution in [2.45, 2.75) is 58.3 Å². The summed E-state index contributed by atoms with van der Waals surface area (Å²) in [4.78, 5) is 31.8. The van der Waals surface area contributed by atoms with Crippen LogP contribution in [0.2, 0.25) is 0 Å². The Bertz CT molecular complexity index is 943. The molecule has 160 valence electrons. The zero-order valence-electron chi connectivity index (χ0n) is 18.1. The maximum atomic E-state index is 13.1. The Morgan fingerprint density at radius 2 is 1.83 bits per heavy atom. The Kier molecular flexibility index (Phi) is 4.83. The molecule has 4 fully saturated rings. The zero-order chi connectivity index (χ0) is 20.9. The standard InChI is InChI=1S/C24H32N4O2/c1-3-7-27(2)23(30)19-15-28-20(25-19)5-4-6-21(28)26-22(29)14-24-11-16-8-17(12-24)10-18(9-16)13-24/h4-6,15-18H,3,7-14H2,1-2H3,(H,26,29). The number of pyridine rings is 1. The summed E-state index contributed by atoms with van der Waals surface area (Å²) in [6.45, 7) is 2.74. The molecular weight excluding hydrogens is 376 g/mol. The third-order valence-electron chi connectivity index (χ3n) is 7.59. The number of hydrogen-bond donors (Lipinski definition) is 1. The molecule has 4 aliphatic carbocycles. The molecule has 0 unspecified atom stereocenters. The van der Waals surface area contributed by atoms with Crippen molar-refractivity contribution >= 4 is 23.3 Å². The number of rotatable bonds is 6. The summed E-state index contributed by atoms with van der Waals surface area (Å²) in [5, 5.41) is 3.13. The van der Waals surface area contributed by atoms with Gasteiger partial charge in [0.05, 0.1) is 0 Å². The van der Waals surface area contributed by atoms with Crippen LogP contribution in [0.5, 0.6) is 0 Å². The molecule has 0 radical (unpaired) electrons. The summed E-state index contributed by atoms with van der Waals surface area (Å²) >= 11 is 0. The fraction of sp³-hybridized carbons (Fsp3) is 0.625. The van der Waals surface area contributed by atoms with Crippen LogP contribution in [-0.4, -0.2) is 39.7 Å². The van der Waals surface area contributed by atoms with Crippen LogP contribution in [-0.2, 0) is 4.79 Å². The van der Waals surface area contributed by atoms with Gasteiger partial charge in [-0.05, 0) is 80.2 Å². The molecule has 0 atom stereocenters. The number of carbonyl (C=O) groups excluding carboxylic acids is 2. The molecule has 2 aromatic heterocycles. The lowest BCUT2D eigenvalue weighted by Gasteiger charge is -2.56. The maximum absolute atomic E-state index is 13.1. The van der Waals surface area contributed by atoms with E-state index < -0.39 is 0 Å². The van der Waals surface area contributed by atoms with Crippen molar-refractivity contribution in [3.05, 3.63) is 30.1 Å². The number of fused-ring (bicyclic) bond motifs is 1. The van der Waals surface area contributed by atoms with E-state index >= 15 is 0 Å². The lowest BCUT2D eigenvalue weighted by Crippen LogP contribution is -2.47. The number of carbonyl (C=O) groups is 2. The smallest absolute Gasteiger partial charge is 0.273 e. The van der Waals surface area contributed by atoms with Gasteiger partial charge in [0.2, 0.25) is 5.91 Å². The van der Waals surface area contributed by atoms with E-state index in [1.165, 1.54) is 38.5 Å². The van der Waals surface area contributed by atoms with E-state index in [1.54, 1.807) is 18.1 Å². The molecule has 0 saturated heterocycles. The van der Waals surface area contributed by atoms with Gasteiger partial charge in [0, 0.05) is 26.2 Å². The van der Waals surface area contributed by atoms with Crippen LogP contribution in [0.3, 0.4) is 0 Å². The Labute approximate surface area is 178 Å². The predicted octanol–water partition coefficient (Wildman–Crippen LogP) is 4.36. The summed E-state index contributed by atoms with van der Waals surface area (Å²) in [6, 6.07) is 5.63. The molecule has 2 aromatic rings. The number of nitrogens with zero attached hydrogens (tertiary/aromatic N) is 3. The highest BCUT2D eigenvalue weighted by atomic mass is 16.2. The number of amides is 2. The van der Waals surface area contributed by atoms with Gasteiger partial charge in [0.25, 0.3) is 5.91 Å². The van der Waals surface area contributed by atoms with Gasteiger partial charge in [-0.2, -0.15) is 0 Å². The Balaban J connectivity index is 1.33. The van der Waals surface area contributed by atoms with Crippen molar-refractivity contribution in [2.75, 3.05) is 18.9 Å². The summed E-state index contributed by atoms with van der Waals surface area (Å²) in [5.41, 5.74) is 1.30. The van der Waals surface area contributed by atoms with Crippen LogP contribution in [0.15, 0.2) is 24.4 Å². The lowest BCUT2D eigenvalue weighted by molar-refractivity contribution is -0.124. The van der Waals surface area contributed by atoms with Gasteiger partial charge in [-0.15, -0.1) is 0 Å². The zero-order valence-corrected chi connectivity index (χ0v) is 18.1. The van der Waals surface area contributed by atoms with E-state index in [0.717, 1.165) is 24.2 Å². The Morgan fingerprint density at radius 3 is 2.47 bits per heavy atom. The van der Waals surface area contributed by atoms with Gasteiger partial charge in [-0.1, -0.05) is 13.0 Å².